The molecule has 0 aromatic rings. The Kier molecular flexibility index (Phi) is 11.5. The normalized spacial score (nSPS) is 21.2. The van der Waals surface area contributed by atoms with E-state index in [9.17, 15) is 4.79 Å². The first-order valence-corrected chi connectivity index (χ1v) is 10.9. The first-order valence-electron chi connectivity index (χ1n) is 10.9. The second-order valence-electron chi connectivity index (χ2n) is 7.64. The number of likely N-dealkylation sites (N-methyl/N-ethyl adjacent to an activating group) is 1. The third-order valence-corrected chi connectivity index (χ3v) is 5.70. The van der Waals surface area contributed by atoms with Crippen LogP contribution >= 0.6 is 0 Å². The molecule has 0 aromatic carbocycles. The number of rotatable bonds is 14. The van der Waals surface area contributed by atoms with E-state index in [0.717, 1.165) is 37.0 Å². The van der Waals surface area contributed by atoms with E-state index in [1.165, 1.54) is 57.2 Å². The lowest BCUT2D eigenvalue weighted by molar-refractivity contribution is -0.861. The highest BCUT2D eigenvalue weighted by molar-refractivity contribution is 5.78. The van der Waals surface area contributed by atoms with E-state index in [-0.39, 0.29) is 12.1 Å². The number of amidine groups is 1. The molecule has 0 spiro atoms. The zero-order valence-corrected chi connectivity index (χ0v) is 17.7. The zero-order chi connectivity index (χ0) is 19.3. The number of amides is 1. The van der Waals surface area contributed by atoms with Crippen molar-refractivity contribution in [3.05, 3.63) is 12.2 Å². The van der Waals surface area contributed by atoms with Gasteiger partial charge >= 0.3 is 0 Å². The number of allylic oxidation sites excluding steroid dienone is 2. The lowest BCUT2D eigenvalue weighted by atomic mass is 10.1. The average Bonchev–Trinajstić information content (AvgIpc) is 3.03. The Morgan fingerprint density at radius 2 is 1.77 bits per heavy atom. The number of nitrogens with zero attached hydrogens (tertiary/aromatic N) is 2. The summed E-state index contributed by atoms with van der Waals surface area (Å²) < 4.78 is 0.852. The molecule has 1 N–H and O–H groups in total. The fraction of sp³-hybridized carbons (Fsp3) is 0.818. The van der Waals surface area contributed by atoms with Gasteiger partial charge in [-0.2, -0.15) is 0 Å². The molecular weight excluding hydrogens is 322 g/mol. The van der Waals surface area contributed by atoms with Crippen LogP contribution < -0.4 is 5.32 Å². The van der Waals surface area contributed by atoms with Gasteiger partial charge in [-0.15, -0.1) is 0 Å². The molecule has 4 nitrogen and oxygen atoms in total. The number of nitrogens with one attached hydrogen (secondary N) is 1. The number of carbonyl (C=O) groups is 1. The predicted molar refractivity (Wildman–Crippen MR) is 112 cm³/mol. The lowest BCUT2D eigenvalue weighted by Gasteiger charge is -2.39. The summed E-state index contributed by atoms with van der Waals surface area (Å²) in [6, 6.07) is 0. The van der Waals surface area contributed by atoms with Gasteiger partial charge in [0.1, 0.15) is 6.54 Å². The molecule has 1 heterocycles. The summed E-state index contributed by atoms with van der Waals surface area (Å²) in [6.45, 7) is 11.1. The fourth-order valence-electron chi connectivity index (χ4n) is 4.09. The molecule has 0 aliphatic carbocycles. The molecule has 1 aliphatic rings. The van der Waals surface area contributed by atoms with Gasteiger partial charge in [0.15, 0.2) is 12.0 Å². The van der Waals surface area contributed by atoms with Gasteiger partial charge in [-0.25, -0.2) is 4.99 Å². The number of hydrogen-bond donors (Lipinski definition) is 1. The topological polar surface area (TPSA) is 41.5 Å². The van der Waals surface area contributed by atoms with Crippen LogP contribution in [0.25, 0.3) is 0 Å². The van der Waals surface area contributed by atoms with Crippen LogP contribution in [0, 0.1) is 0 Å². The number of carbonyl (C=O) groups excluding carboxylic acids is 1. The van der Waals surface area contributed by atoms with Gasteiger partial charge < -0.3 is 5.32 Å². The van der Waals surface area contributed by atoms with Crippen LogP contribution in [0.15, 0.2) is 17.1 Å². The predicted octanol–water partition coefficient (Wildman–Crippen LogP) is 5.19. The Morgan fingerprint density at radius 3 is 2.38 bits per heavy atom. The molecule has 0 radical (unpaired) electrons. The minimum absolute atomic E-state index is 0.0554. The minimum Gasteiger partial charge on any atom is -0.307 e. The second kappa shape index (κ2) is 13.1. The molecule has 1 rings (SSSR count). The summed E-state index contributed by atoms with van der Waals surface area (Å²) in [5.74, 6) is 1.36. The summed E-state index contributed by atoms with van der Waals surface area (Å²) in [7, 11) is 0. The van der Waals surface area contributed by atoms with Gasteiger partial charge in [0.25, 0.3) is 0 Å². The number of unbranched alkanes of at least 4 members (excludes halogenated alkanes) is 7. The standard InChI is InChI=1S/C22H41N3O/c1-5-7-8-9-10-11-12-13-14-15-16-17-22-23-18-19-25(22,6-2)20(3)24-21(4)26/h7-8,20H,5-6,9-19H2,1-4H3/p+1/b8-7+. The van der Waals surface area contributed by atoms with Gasteiger partial charge in [-0.3, -0.25) is 9.28 Å². The molecule has 0 saturated carbocycles. The molecule has 1 aliphatic heterocycles. The van der Waals surface area contributed by atoms with E-state index >= 15 is 0 Å². The molecule has 0 aromatic heterocycles. The number of aliphatic imine (C=N–C) groups is 1. The van der Waals surface area contributed by atoms with Crippen molar-refractivity contribution in [2.75, 3.05) is 19.6 Å². The lowest BCUT2D eigenvalue weighted by Crippen LogP contribution is -2.62. The van der Waals surface area contributed by atoms with E-state index in [1.54, 1.807) is 6.92 Å². The molecule has 0 saturated heterocycles. The van der Waals surface area contributed by atoms with Crippen LogP contribution in [0.3, 0.4) is 0 Å². The molecule has 2 atom stereocenters. The van der Waals surface area contributed by atoms with Crippen molar-refractivity contribution in [2.24, 2.45) is 4.99 Å². The maximum Gasteiger partial charge on any atom is 0.221 e. The molecular formula is C22H42N3O+. The van der Waals surface area contributed by atoms with E-state index in [4.69, 9.17) is 4.99 Å². The van der Waals surface area contributed by atoms with Gasteiger partial charge in [0.05, 0.1) is 13.1 Å². The van der Waals surface area contributed by atoms with Crippen molar-refractivity contribution >= 4 is 11.7 Å². The Hall–Kier alpha value is -1.16. The van der Waals surface area contributed by atoms with Crippen molar-refractivity contribution in [1.82, 2.24) is 5.32 Å². The van der Waals surface area contributed by atoms with Crippen LogP contribution in [0.4, 0.5) is 0 Å². The first kappa shape index (κ1) is 22.9. The zero-order valence-electron chi connectivity index (χ0n) is 17.7. The Morgan fingerprint density at radius 1 is 1.12 bits per heavy atom. The highest BCUT2D eigenvalue weighted by atomic mass is 16.1. The molecule has 4 heteroatoms. The quantitative estimate of drug-likeness (QED) is 0.257. The highest BCUT2D eigenvalue weighted by Crippen LogP contribution is 2.23. The van der Waals surface area contributed by atoms with Crippen molar-refractivity contribution in [1.29, 1.82) is 0 Å². The molecule has 1 amide bonds. The van der Waals surface area contributed by atoms with E-state index in [1.807, 2.05) is 0 Å². The van der Waals surface area contributed by atoms with E-state index in [2.05, 4.69) is 38.2 Å². The SMILES string of the molecule is CC/C=C/CCCCCCCCCC1=NCC[N+]1(CC)C(C)NC(C)=O. The Labute approximate surface area is 161 Å². The summed E-state index contributed by atoms with van der Waals surface area (Å²) in [5.41, 5.74) is 0. The summed E-state index contributed by atoms with van der Waals surface area (Å²) in [5, 5.41) is 3.10. The Bertz CT molecular complexity index is 458. The van der Waals surface area contributed by atoms with Crippen molar-refractivity contribution < 1.29 is 9.28 Å². The van der Waals surface area contributed by atoms with Gasteiger partial charge in [0, 0.05) is 20.3 Å². The maximum absolute atomic E-state index is 11.5. The Balaban J connectivity index is 2.21. The van der Waals surface area contributed by atoms with Crippen LogP contribution in [-0.2, 0) is 4.79 Å². The third kappa shape index (κ3) is 7.61. The summed E-state index contributed by atoms with van der Waals surface area (Å²) in [6.07, 6.45) is 17.5. The fourth-order valence-corrected chi connectivity index (χ4v) is 4.09. The molecule has 0 bridgehead atoms. The smallest absolute Gasteiger partial charge is 0.221 e. The largest absolute Gasteiger partial charge is 0.307 e. The van der Waals surface area contributed by atoms with Crippen LogP contribution in [0.2, 0.25) is 0 Å². The number of quaternary nitrogens is 1. The maximum atomic E-state index is 11.5. The highest BCUT2D eigenvalue weighted by Gasteiger charge is 2.41. The van der Waals surface area contributed by atoms with Crippen LogP contribution in [-0.4, -0.2) is 42.0 Å². The molecule has 0 fully saturated rings. The van der Waals surface area contributed by atoms with Crippen LogP contribution in [0.5, 0.6) is 0 Å². The second-order valence-corrected chi connectivity index (χ2v) is 7.64. The third-order valence-electron chi connectivity index (χ3n) is 5.70. The van der Waals surface area contributed by atoms with Crippen molar-refractivity contribution in [2.45, 2.75) is 98.1 Å². The van der Waals surface area contributed by atoms with E-state index < -0.39 is 0 Å². The average molecular weight is 365 g/mol. The minimum atomic E-state index is 0.0554. The first-order chi connectivity index (χ1) is 12.6. The molecule has 2 unspecified atom stereocenters. The van der Waals surface area contributed by atoms with Crippen LogP contribution in [0.1, 0.15) is 91.9 Å². The number of hydrogen-bond acceptors (Lipinski definition) is 2. The molecule has 150 valence electrons. The van der Waals surface area contributed by atoms with Gasteiger partial charge in [-0.1, -0.05) is 51.2 Å². The van der Waals surface area contributed by atoms with E-state index in [0.29, 0.717) is 0 Å². The monoisotopic (exact) mass is 364 g/mol. The summed E-state index contributed by atoms with van der Waals surface area (Å²) in [4.78, 5) is 16.3. The van der Waals surface area contributed by atoms with Crippen molar-refractivity contribution in [3.63, 3.8) is 0 Å². The van der Waals surface area contributed by atoms with Gasteiger partial charge in [-0.05, 0) is 32.6 Å². The summed E-state index contributed by atoms with van der Waals surface area (Å²) >= 11 is 0. The van der Waals surface area contributed by atoms with Gasteiger partial charge in [0.2, 0.25) is 5.91 Å². The molecule has 26 heavy (non-hydrogen) atoms. The van der Waals surface area contributed by atoms with Crippen molar-refractivity contribution in [3.8, 4) is 0 Å².